The number of amides is 1. The van der Waals surface area contributed by atoms with Crippen LogP contribution in [0.3, 0.4) is 0 Å². The molecule has 0 saturated carbocycles. The van der Waals surface area contributed by atoms with Gasteiger partial charge >= 0.3 is 0 Å². The van der Waals surface area contributed by atoms with Gasteiger partial charge in [0.15, 0.2) is 0 Å². The van der Waals surface area contributed by atoms with Gasteiger partial charge in [-0.05, 0) is 42.5 Å². The number of carbonyl (C=O) groups excluding carboxylic acids is 1. The first-order valence-corrected chi connectivity index (χ1v) is 5.07. The van der Waals surface area contributed by atoms with Crippen LogP contribution < -0.4 is 5.32 Å². The second-order valence-corrected chi connectivity index (χ2v) is 3.43. The van der Waals surface area contributed by atoms with Gasteiger partial charge in [-0.1, -0.05) is 12.1 Å². The minimum Gasteiger partial charge on any atom is -0.322 e. The monoisotopic (exact) mass is 221 g/mol. The van der Waals surface area contributed by atoms with Crippen molar-refractivity contribution in [3.05, 3.63) is 65.7 Å². The summed E-state index contributed by atoms with van der Waals surface area (Å²) in [4.78, 5) is 11.8. The van der Waals surface area contributed by atoms with Crippen molar-refractivity contribution in [1.82, 2.24) is 0 Å². The summed E-state index contributed by atoms with van der Waals surface area (Å²) in [5, 5.41) is 11.4. The maximum absolute atomic E-state index is 11.8. The molecule has 0 heterocycles. The van der Waals surface area contributed by atoms with Crippen LogP contribution in [0.2, 0.25) is 0 Å². The Bertz CT molecular complexity index is 553. The Balaban J connectivity index is 2.13. The summed E-state index contributed by atoms with van der Waals surface area (Å²) >= 11 is 0. The lowest BCUT2D eigenvalue weighted by Gasteiger charge is -2.04. The smallest absolute Gasteiger partial charge is 0.255 e. The van der Waals surface area contributed by atoms with E-state index in [9.17, 15) is 4.79 Å². The largest absolute Gasteiger partial charge is 0.322 e. The number of benzene rings is 2. The minimum absolute atomic E-state index is 0.194. The summed E-state index contributed by atoms with van der Waals surface area (Å²) < 4.78 is 0. The van der Waals surface area contributed by atoms with E-state index in [-0.39, 0.29) is 5.91 Å². The molecule has 2 aromatic carbocycles. The molecule has 0 saturated heterocycles. The standard InChI is InChI=1S/C14H9N2O/c15-10-11-6-8-12(9-7-11)14(17)16-13-4-2-1-3-5-13/h2-9H,(H,16,17). The maximum Gasteiger partial charge on any atom is 0.255 e. The van der Waals surface area contributed by atoms with Gasteiger partial charge < -0.3 is 5.32 Å². The van der Waals surface area contributed by atoms with Crippen LogP contribution >= 0.6 is 0 Å². The molecule has 1 N–H and O–H groups in total. The molecule has 0 aliphatic carbocycles. The highest BCUT2D eigenvalue weighted by Crippen LogP contribution is 2.09. The third kappa shape index (κ3) is 2.70. The SMILES string of the molecule is N#Cc1ccc(C(=O)Nc2cc[c]cc2)cc1. The summed E-state index contributed by atoms with van der Waals surface area (Å²) in [6.45, 7) is 0. The van der Waals surface area contributed by atoms with E-state index in [1.807, 2.05) is 6.07 Å². The zero-order chi connectivity index (χ0) is 12.1. The van der Waals surface area contributed by atoms with Gasteiger partial charge in [-0.2, -0.15) is 5.26 Å². The predicted molar refractivity (Wildman–Crippen MR) is 64.4 cm³/mol. The van der Waals surface area contributed by atoms with Crippen LogP contribution in [-0.2, 0) is 0 Å². The molecule has 1 amide bonds. The molecule has 3 heteroatoms. The highest BCUT2D eigenvalue weighted by atomic mass is 16.1. The van der Waals surface area contributed by atoms with Gasteiger partial charge in [0.2, 0.25) is 0 Å². The molecule has 0 aliphatic heterocycles. The molecule has 0 bridgehead atoms. The Morgan fingerprint density at radius 2 is 1.76 bits per heavy atom. The first-order valence-electron chi connectivity index (χ1n) is 5.07. The van der Waals surface area contributed by atoms with Gasteiger partial charge in [0, 0.05) is 11.3 Å². The van der Waals surface area contributed by atoms with Crippen molar-refractivity contribution in [3.63, 3.8) is 0 Å². The van der Waals surface area contributed by atoms with Gasteiger partial charge in [0.25, 0.3) is 5.91 Å². The first-order chi connectivity index (χ1) is 8.29. The van der Waals surface area contributed by atoms with E-state index in [4.69, 9.17) is 5.26 Å². The number of carbonyl (C=O) groups is 1. The zero-order valence-electron chi connectivity index (χ0n) is 8.97. The molecule has 0 aromatic heterocycles. The number of anilines is 1. The van der Waals surface area contributed by atoms with Crippen LogP contribution in [0.15, 0.2) is 48.5 Å². The fourth-order valence-electron chi connectivity index (χ4n) is 1.37. The van der Waals surface area contributed by atoms with Crippen molar-refractivity contribution in [3.8, 4) is 6.07 Å². The molecule has 1 radical (unpaired) electrons. The van der Waals surface area contributed by atoms with Crippen LogP contribution in [-0.4, -0.2) is 5.91 Å². The summed E-state index contributed by atoms with van der Waals surface area (Å²) in [6.07, 6.45) is 0. The van der Waals surface area contributed by atoms with Crippen molar-refractivity contribution in [2.75, 3.05) is 5.32 Å². The lowest BCUT2D eigenvalue weighted by Crippen LogP contribution is -2.11. The van der Waals surface area contributed by atoms with Gasteiger partial charge in [-0.15, -0.1) is 0 Å². The van der Waals surface area contributed by atoms with E-state index < -0.39 is 0 Å². The molecule has 81 valence electrons. The van der Waals surface area contributed by atoms with Crippen LogP contribution in [0.1, 0.15) is 15.9 Å². The number of hydrogen-bond acceptors (Lipinski definition) is 2. The average Bonchev–Trinajstić information content (AvgIpc) is 2.40. The Morgan fingerprint density at radius 3 is 2.35 bits per heavy atom. The Labute approximate surface area is 99.3 Å². The number of nitrogens with one attached hydrogen (secondary N) is 1. The minimum atomic E-state index is -0.194. The second kappa shape index (κ2) is 4.95. The van der Waals surface area contributed by atoms with E-state index >= 15 is 0 Å². The highest BCUT2D eigenvalue weighted by Gasteiger charge is 2.05. The van der Waals surface area contributed by atoms with Crippen LogP contribution in [0.4, 0.5) is 5.69 Å². The summed E-state index contributed by atoms with van der Waals surface area (Å²) in [6, 6.07) is 18.4. The third-order valence-corrected chi connectivity index (χ3v) is 2.25. The van der Waals surface area contributed by atoms with Crippen molar-refractivity contribution >= 4 is 11.6 Å². The topological polar surface area (TPSA) is 52.9 Å². The predicted octanol–water partition coefficient (Wildman–Crippen LogP) is 2.61. The molecule has 0 spiro atoms. The van der Waals surface area contributed by atoms with Crippen molar-refractivity contribution in [2.24, 2.45) is 0 Å². The Kier molecular flexibility index (Phi) is 3.18. The molecular weight excluding hydrogens is 212 g/mol. The van der Waals surface area contributed by atoms with Gasteiger partial charge in [-0.25, -0.2) is 0 Å². The lowest BCUT2D eigenvalue weighted by atomic mass is 10.1. The van der Waals surface area contributed by atoms with Crippen LogP contribution in [0.5, 0.6) is 0 Å². The van der Waals surface area contributed by atoms with Gasteiger partial charge in [-0.3, -0.25) is 4.79 Å². The maximum atomic E-state index is 11.8. The van der Waals surface area contributed by atoms with E-state index in [0.29, 0.717) is 11.1 Å². The van der Waals surface area contributed by atoms with Crippen LogP contribution in [0, 0.1) is 17.4 Å². The zero-order valence-corrected chi connectivity index (χ0v) is 8.97. The van der Waals surface area contributed by atoms with Crippen molar-refractivity contribution < 1.29 is 4.79 Å². The lowest BCUT2D eigenvalue weighted by molar-refractivity contribution is 0.102. The van der Waals surface area contributed by atoms with Gasteiger partial charge in [0.1, 0.15) is 0 Å². The summed E-state index contributed by atoms with van der Waals surface area (Å²) in [5.41, 5.74) is 1.78. The van der Waals surface area contributed by atoms with E-state index in [1.165, 1.54) is 0 Å². The fourth-order valence-corrected chi connectivity index (χ4v) is 1.37. The molecule has 3 nitrogen and oxygen atoms in total. The molecule has 17 heavy (non-hydrogen) atoms. The summed E-state index contributed by atoms with van der Waals surface area (Å²) in [5.74, 6) is -0.194. The molecule has 0 aliphatic rings. The first kappa shape index (κ1) is 10.9. The third-order valence-electron chi connectivity index (χ3n) is 2.25. The normalized spacial score (nSPS) is 9.35. The molecule has 0 fully saturated rings. The number of rotatable bonds is 2. The molecule has 2 aromatic rings. The fraction of sp³-hybridized carbons (Fsp3) is 0. The quantitative estimate of drug-likeness (QED) is 0.847. The second-order valence-electron chi connectivity index (χ2n) is 3.43. The number of nitriles is 1. The molecule has 2 rings (SSSR count). The molecular formula is C14H9N2O. The van der Waals surface area contributed by atoms with Crippen LogP contribution in [0.25, 0.3) is 0 Å². The molecule has 0 unspecified atom stereocenters. The van der Waals surface area contributed by atoms with E-state index in [2.05, 4.69) is 11.4 Å². The Hall–Kier alpha value is -2.60. The van der Waals surface area contributed by atoms with Crippen molar-refractivity contribution in [1.29, 1.82) is 5.26 Å². The summed E-state index contributed by atoms with van der Waals surface area (Å²) in [7, 11) is 0. The van der Waals surface area contributed by atoms with Crippen molar-refractivity contribution in [2.45, 2.75) is 0 Å². The number of hydrogen-bond donors (Lipinski definition) is 1. The molecule has 0 atom stereocenters. The highest BCUT2D eigenvalue weighted by molar-refractivity contribution is 6.04. The Morgan fingerprint density at radius 1 is 1.12 bits per heavy atom. The number of nitrogens with zero attached hydrogens (tertiary/aromatic N) is 1. The van der Waals surface area contributed by atoms with Gasteiger partial charge in [0.05, 0.1) is 11.6 Å². The van der Waals surface area contributed by atoms with E-state index in [0.717, 1.165) is 5.69 Å². The van der Waals surface area contributed by atoms with E-state index in [1.54, 1.807) is 48.5 Å². The average molecular weight is 221 g/mol.